The van der Waals surface area contributed by atoms with Gasteiger partial charge in [0, 0.05) is 6.61 Å². The first-order chi connectivity index (χ1) is 13.5. The second-order valence-electron chi connectivity index (χ2n) is 8.20. The van der Waals surface area contributed by atoms with Crippen molar-refractivity contribution in [1.29, 1.82) is 0 Å². The van der Waals surface area contributed by atoms with Gasteiger partial charge < -0.3 is 13.9 Å². The highest BCUT2D eigenvalue weighted by molar-refractivity contribution is 6.99. The average molecular weight is 397 g/mol. The van der Waals surface area contributed by atoms with E-state index in [4.69, 9.17) is 13.9 Å². The number of hydrogen-bond donors (Lipinski definition) is 0. The van der Waals surface area contributed by atoms with Crippen molar-refractivity contribution in [2.75, 3.05) is 19.8 Å². The van der Waals surface area contributed by atoms with Gasteiger partial charge in [0.2, 0.25) is 0 Å². The van der Waals surface area contributed by atoms with Gasteiger partial charge in [0.15, 0.2) is 6.29 Å². The molecular weight excluding hydrogens is 364 g/mol. The van der Waals surface area contributed by atoms with Gasteiger partial charge in [0.25, 0.3) is 8.32 Å². The first-order valence-corrected chi connectivity index (χ1v) is 12.0. The van der Waals surface area contributed by atoms with Crippen molar-refractivity contribution in [3.63, 3.8) is 0 Å². The van der Waals surface area contributed by atoms with Crippen LogP contribution in [0.3, 0.4) is 0 Å². The summed E-state index contributed by atoms with van der Waals surface area (Å²) in [5.74, 6) is 0. The molecule has 3 nitrogen and oxygen atoms in total. The highest BCUT2D eigenvalue weighted by Crippen LogP contribution is 2.37. The lowest BCUT2D eigenvalue weighted by molar-refractivity contribution is -0.0146. The summed E-state index contributed by atoms with van der Waals surface area (Å²) in [4.78, 5) is 0. The molecule has 1 heterocycles. The van der Waals surface area contributed by atoms with E-state index in [1.54, 1.807) is 0 Å². The largest absolute Gasteiger partial charge is 0.407 e. The highest BCUT2D eigenvalue weighted by atomic mass is 28.4. The van der Waals surface area contributed by atoms with Crippen molar-refractivity contribution in [3.05, 3.63) is 72.3 Å². The molecular formula is C24H32O3Si. The van der Waals surface area contributed by atoms with Crippen LogP contribution in [0.2, 0.25) is 5.04 Å². The van der Waals surface area contributed by atoms with Gasteiger partial charge in [-0.25, -0.2) is 0 Å². The zero-order valence-corrected chi connectivity index (χ0v) is 18.5. The zero-order chi connectivity index (χ0) is 20.0. The molecule has 1 saturated heterocycles. The zero-order valence-electron chi connectivity index (χ0n) is 17.5. The van der Waals surface area contributed by atoms with Crippen LogP contribution in [0.5, 0.6) is 0 Å². The normalized spacial score (nSPS) is 16.5. The van der Waals surface area contributed by atoms with E-state index in [0.29, 0.717) is 19.8 Å². The Balaban J connectivity index is 1.92. The molecule has 4 heteroatoms. The molecule has 3 rings (SSSR count). The number of benzene rings is 2. The summed E-state index contributed by atoms with van der Waals surface area (Å²) in [5.41, 5.74) is 1.16. The number of allylic oxidation sites excluding steroid dienone is 1. The Morgan fingerprint density at radius 3 is 1.89 bits per heavy atom. The van der Waals surface area contributed by atoms with Crippen LogP contribution in [0.15, 0.2) is 72.3 Å². The van der Waals surface area contributed by atoms with E-state index >= 15 is 0 Å². The van der Waals surface area contributed by atoms with Crippen LogP contribution >= 0.6 is 0 Å². The predicted octanol–water partition coefficient (Wildman–Crippen LogP) is 4.27. The summed E-state index contributed by atoms with van der Waals surface area (Å²) in [6, 6.07) is 21.5. The van der Waals surface area contributed by atoms with Crippen LogP contribution in [0.1, 0.15) is 34.1 Å². The fourth-order valence-electron chi connectivity index (χ4n) is 4.05. The fourth-order valence-corrected chi connectivity index (χ4v) is 8.62. The average Bonchev–Trinajstić information content (AvgIpc) is 3.23. The third-order valence-corrected chi connectivity index (χ3v) is 10.5. The molecule has 0 unspecified atom stereocenters. The van der Waals surface area contributed by atoms with Crippen molar-refractivity contribution in [3.8, 4) is 0 Å². The Morgan fingerprint density at radius 1 is 0.964 bits per heavy atom. The maximum Gasteiger partial charge on any atom is 0.261 e. The molecule has 0 atom stereocenters. The van der Waals surface area contributed by atoms with E-state index in [9.17, 15) is 0 Å². The third-order valence-electron chi connectivity index (χ3n) is 5.42. The van der Waals surface area contributed by atoms with E-state index in [0.717, 1.165) is 12.0 Å². The first kappa shape index (κ1) is 21.0. The topological polar surface area (TPSA) is 27.7 Å². The highest BCUT2D eigenvalue weighted by Gasteiger charge is 2.50. The van der Waals surface area contributed by atoms with Crippen LogP contribution in [-0.4, -0.2) is 34.4 Å². The lowest BCUT2D eigenvalue weighted by atomic mass is 10.2. The molecule has 1 aliphatic heterocycles. The molecule has 1 fully saturated rings. The summed E-state index contributed by atoms with van der Waals surface area (Å²) >= 11 is 0. The Bertz CT molecular complexity index is 720. The van der Waals surface area contributed by atoms with Gasteiger partial charge in [-0.05, 0) is 34.3 Å². The lowest BCUT2D eigenvalue weighted by Gasteiger charge is -2.43. The molecule has 0 amide bonds. The van der Waals surface area contributed by atoms with Crippen LogP contribution in [0.25, 0.3) is 0 Å². The molecule has 150 valence electrons. The Labute approximate surface area is 170 Å². The van der Waals surface area contributed by atoms with Crippen molar-refractivity contribution in [2.45, 2.75) is 45.4 Å². The standard InChI is InChI=1S/C24H32O3Si/c1-5-20(23-25-18-19-26-23)16-17-27-28(24(2,3)4,21-12-8-6-9-13-21)22-14-10-7-11-15-22/h5-15,23H,16-19H2,1-4H3/b20-5-. The first-order valence-electron chi connectivity index (χ1n) is 10.1. The molecule has 0 bridgehead atoms. The van der Waals surface area contributed by atoms with E-state index in [-0.39, 0.29) is 11.3 Å². The summed E-state index contributed by atoms with van der Waals surface area (Å²) in [5, 5.41) is 2.61. The minimum absolute atomic E-state index is 0.00778. The molecule has 0 aromatic heterocycles. The van der Waals surface area contributed by atoms with Crippen molar-refractivity contribution >= 4 is 18.7 Å². The van der Waals surface area contributed by atoms with Gasteiger partial charge in [-0.2, -0.15) is 0 Å². The maximum atomic E-state index is 6.95. The van der Waals surface area contributed by atoms with Gasteiger partial charge in [-0.15, -0.1) is 0 Å². The lowest BCUT2D eigenvalue weighted by Crippen LogP contribution is -2.66. The molecule has 0 aliphatic carbocycles. The third kappa shape index (κ3) is 4.30. The minimum atomic E-state index is -2.48. The van der Waals surface area contributed by atoms with Crippen molar-refractivity contribution in [1.82, 2.24) is 0 Å². The van der Waals surface area contributed by atoms with E-state index < -0.39 is 8.32 Å². The number of rotatable bonds is 7. The Kier molecular flexibility index (Phi) is 6.89. The smallest absolute Gasteiger partial charge is 0.261 e. The molecule has 2 aromatic rings. The summed E-state index contributed by atoms with van der Waals surface area (Å²) in [6.45, 7) is 10.9. The van der Waals surface area contributed by atoms with Crippen LogP contribution in [0, 0.1) is 0 Å². The second kappa shape index (κ2) is 9.18. The second-order valence-corrected chi connectivity index (χ2v) is 12.5. The van der Waals surface area contributed by atoms with Crippen molar-refractivity contribution < 1.29 is 13.9 Å². The quantitative estimate of drug-likeness (QED) is 0.517. The van der Waals surface area contributed by atoms with Crippen molar-refractivity contribution in [2.24, 2.45) is 0 Å². The monoisotopic (exact) mass is 396 g/mol. The molecule has 0 spiro atoms. The van der Waals surface area contributed by atoms with E-state index in [1.807, 2.05) is 6.92 Å². The van der Waals surface area contributed by atoms with E-state index in [1.165, 1.54) is 10.4 Å². The molecule has 2 aromatic carbocycles. The molecule has 28 heavy (non-hydrogen) atoms. The van der Waals surface area contributed by atoms with Gasteiger partial charge in [-0.3, -0.25) is 0 Å². The number of hydrogen-bond acceptors (Lipinski definition) is 3. The van der Waals surface area contributed by atoms with E-state index in [2.05, 4.69) is 87.5 Å². The molecule has 0 N–H and O–H groups in total. The van der Waals surface area contributed by atoms with Gasteiger partial charge >= 0.3 is 0 Å². The maximum absolute atomic E-state index is 6.95. The van der Waals surface area contributed by atoms with Crippen LogP contribution in [-0.2, 0) is 13.9 Å². The predicted molar refractivity (Wildman–Crippen MR) is 118 cm³/mol. The number of ether oxygens (including phenoxy) is 2. The summed E-state index contributed by atoms with van der Waals surface area (Å²) < 4.78 is 18.3. The molecule has 0 radical (unpaired) electrons. The SMILES string of the molecule is C/C=C(/CCO[Si](c1ccccc1)(c1ccccc1)C(C)(C)C)C1OCCO1. The summed E-state index contributed by atoms with van der Waals surface area (Å²) in [6.07, 6.45) is 2.70. The Morgan fingerprint density at radius 2 is 1.46 bits per heavy atom. The fraction of sp³-hybridized carbons (Fsp3) is 0.417. The van der Waals surface area contributed by atoms with Crippen LogP contribution in [0.4, 0.5) is 0 Å². The molecule has 0 saturated carbocycles. The molecule has 1 aliphatic rings. The van der Waals surface area contributed by atoms with Gasteiger partial charge in [0.05, 0.1) is 13.2 Å². The van der Waals surface area contributed by atoms with Gasteiger partial charge in [0.1, 0.15) is 0 Å². The van der Waals surface area contributed by atoms with Crippen LogP contribution < -0.4 is 10.4 Å². The Hall–Kier alpha value is -1.72. The van der Waals surface area contributed by atoms with Gasteiger partial charge in [-0.1, -0.05) is 87.5 Å². The minimum Gasteiger partial charge on any atom is -0.407 e. The summed E-state index contributed by atoms with van der Waals surface area (Å²) in [7, 11) is -2.48.